The highest BCUT2D eigenvalue weighted by atomic mass is 35.5. The predicted molar refractivity (Wildman–Crippen MR) is 39.7 cm³/mol. The molecule has 1 rings (SSSR count). The summed E-state index contributed by atoms with van der Waals surface area (Å²) in [5.41, 5.74) is 0.756. The Morgan fingerprint density at radius 3 is 3.10 bits per heavy atom. The van der Waals surface area contributed by atoms with Crippen molar-refractivity contribution in [3.63, 3.8) is 0 Å². The highest BCUT2D eigenvalue weighted by molar-refractivity contribution is 6.30. The largest absolute Gasteiger partial charge is 0.411 e. The third-order valence-electron chi connectivity index (χ3n) is 0.997. The zero-order valence-corrected chi connectivity index (χ0v) is 5.84. The molecule has 3 heteroatoms. The van der Waals surface area contributed by atoms with Gasteiger partial charge in [-0.3, -0.25) is 0 Å². The molecule has 0 amide bonds. The first-order chi connectivity index (χ1) is 4.83. The van der Waals surface area contributed by atoms with Crippen molar-refractivity contribution in [3.8, 4) is 0 Å². The Morgan fingerprint density at radius 2 is 2.50 bits per heavy atom. The quantitative estimate of drug-likeness (QED) is 0.374. The second-order valence-corrected chi connectivity index (χ2v) is 2.12. The summed E-state index contributed by atoms with van der Waals surface area (Å²) in [6.45, 7) is 0. The van der Waals surface area contributed by atoms with Crippen molar-refractivity contribution in [1.82, 2.24) is 0 Å². The summed E-state index contributed by atoms with van der Waals surface area (Å²) < 4.78 is 0. The van der Waals surface area contributed by atoms with E-state index in [4.69, 9.17) is 16.8 Å². The smallest absolute Gasteiger partial charge is 0.0734 e. The van der Waals surface area contributed by atoms with Crippen molar-refractivity contribution >= 4 is 17.8 Å². The van der Waals surface area contributed by atoms with E-state index in [0.717, 1.165) is 5.56 Å². The third kappa shape index (κ3) is 1.74. The van der Waals surface area contributed by atoms with Gasteiger partial charge in [-0.05, 0) is 11.6 Å². The highest BCUT2D eigenvalue weighted by Crippen LogP contribution is 2.07. The van der Waals surface area contributed by atoms with Gasteiger partial charge in [0.2, 0.25) is 0 Å². The van der Waals surface area contributed by atoms with Crippen molar-refractivity contribution in [2.24, 2.45) is 5.16 Å². The van der Waals surface area contributed by atoms with Crippen LogP contribution in [0.4, 0.5) is 0 Å². The molecule has 0 fully saturated rings. The first kappa shape index (κ1) is 7.09. The van der Waals surface area contributed by atoms with Crippen LogP contribution in [0.5, 0.6) is 0 Å². The van der Waals surface area contributed by atoms with E-state index in [1.807, 2.05) is 0 Å². The molecule has 1 aromatic carbocycles. The fourth-order valence-electron chi connectivity index (χ4n) is 0.601. The maximum atomic E-state index is 8.13. The lowest BCUT2D eigenvalue weighted by Gasteiger charge is -1.89. The number of nitrogens with zero attached hydrogens (tertiary/aromatic N) is 1. The standard InChI is InChI=1S/C7H5ClNO/c8-7-3-1-2-6(4-7)5-9-10/h1-2,4-5,10H/b9-5-. The van der Waals surface area contributed by atoms with E-state index >= 15 is 0 Å². The minimum Gasteiger partial charge on any atom is -0.411 e. The van der Waals surface area contributed by atoms with Gasteiger partial charge in [-0.1, -0.05) is 28.9 Å². The van der Waals surface area contributed by atoms with E-state index in [9.17, 15) is 0 Å². The summed E-state index contributed by atoms with van der Waals surface area (Å²) in [5.74, 6) is 0. The van der Waals surface area contributed by atoms with Crippen LogP contribution in [-0.2, 0) is 0 Å². The van der Waals surface area contributed by atoms with Crippen LogP contribution >= 0.6 is 11.6 Å². The zero-order chi connectivity index (χ0) is 7.40. The molecule has 51 valence electrons. The average molecular weight is 155 g/mol. The maximum absolute atomic E-state index is 8.13. The van der Waals surface area contributed by atoms with Gasteiger partial charge in [0, 0.05) is 11.1 Å². The van der Waals surface area contributed by atoms with Crippen LogP contribution in [0.25, 0.3) is 0 Å². The van der Waals surface area contributed by atoms with Crippen LogP contribution in [0.2, 0.25) is 5.02 Å². The van der Waals surface area contributed by atoms with Crippen molar-refractivity contribution in [1.29, 1.82) is 0 Å². The van der Waals surface area contributed by atoms with Crippen LogP contribution in [0.1, 0.15) is 5.56 Å². The monoisotopic (exact) mass is 154 g/mol. The normalized spacial score (nSPS) is 10.5. The fraction of sp³-hybridized carbons (Fsp3) is 0. The molecule has 0 aliphatic heterocycles. The number of oxime groups is 1. The molecule has 0 saturated carbocycles. The number of rotatable bonds is 1. The zero-order valence-electron chi connectivity index (χ0n) is 5.08. The predicted octanol–water partition coefficient (Wildman–Crippen LogP) is 1.95. The first-order valence-electron chi connectivity index (χ1n) is 2.67. The minimum atomic E-state index is 0.511. The Morgan fingerprint density at radius 1 is 1.70 bits per heavy atom. The Labute approximate surface area is 63.7 Å². The molecule has 1 aromatic rings. The van der Waals surface area contributed by atoms with Gasteiger partial charge < -0.3 is 5.21 Å². The molecule has 0 aromatic heterocycles. The van der Waals surface area contributed by atoms with Gasteiger partial charge in [-0.15, -0.1) is 0 Å². The van der Waals surface area contributed by atoms with Crippen molar-refractivity contribution in [3.05, 3.63) is 34.9 Å². The van der Waals surface area contributed by atoms with E-state index < -0.39 is 0 Å². The van der Waals surface area contributed by atoms with Gasteiger partial charge in [0.15, 0.2) is 0 Å². The summed E-state index contributed by atoms with van der Waals surface area (Å²) in [6, 6.07) is 7.81. The van der Waals surface area contributed by atoms with Crippen LogP contribution in [0, 0.1) is 6.07 Å². The van der Waals surface area contributed by atoms with E-state index in [1.54, 1.807) is 18.2 Å². The molecule has 0 aliphatic carbocycles. The summed E-state index contributed by atoms with van der Waals surface area (Å²) in [5, 5.41) is 11.5. The lowest BCUT2D eigenvalue weighted by Crippen LogP contribution is -1.78. The highest BCUT2D eigenvalue weighted by Gasteiger charge is 1.88. The molecular formula is C7H5ClNO. The lowest BCUT2D eigenvalue weighted by molar-refractivity contribution is 0.322. The van der Waals surface area contributed by atoms with Gasteiger partial charge in [0.05, 0.1) is 6.21 Å². The second-order valence-electron chi connectivity index (χ2n) is 1.71. The van der Waals surface area contributed by atoms with Gasteiger partial charge in [-0.25, -0.2) is 0 Å². The van der Waals surface area contributed by atoms with Gasteiger partial charge in [0.1, 0.15) is 0 Å². The average Bonchev–Trinajstić information content (AvgIpc) is 1.88. The number of halogens is 1. The molecule has 0 saturated heterocycles. The summed E-state index contributed by atoms with van der Waals surface area (Å²) >= 11 is 5.58. The summed E-state index contributed by atoms with van der Waals surface area (Å²) in [7, 11) is 0. The Hall–Kier alpha value is -1.02. The lowest BCUT2D eigenvalue weighted by atomic mass is 10.2. The van der Waals surface area contributed by atoms with E-state index in [0.29, 0.717) is 5.02 Å². The topological polar surface area (TPSA) is 32.6 Å². The van der Waals surface area contributed by atoms with Crippen LogP contribution in [0.15, 0.2) is 23.4 Å². The van der Waals surface area contributed by atoms with Crippen molar-refractivity contribution < 1.29 is 5.21 Å². The third-order valence-corrected chi connectivity index (χ3v) is 1.22. The molecule has 0 aliphatic rings. The molecule has 0 heterocycles. The Bertz CT molecular complexity index is 247. The molecule has 0 bridgehead atoms. The van der Waals surface area contributed by atoms with Gasteiger partial charge in [-0.2, -0.15) is 0 Å². The number of hydrogen-bond donors (Lipinski definition) is 1. The van der Waals surface area contributed by atoms with Crippen LogP contribution < -0.4 is 0 Å². The Balaban J connectivity index is 2.95. The SMILES string of the molecule is O/N=C\c1cc[c]c(Cl)c1. The van der Waals surface area contributed by atoms with E-state index in [2.05, 4.69) is 11.2 Å². The van der Waals surface area contributed by atoms with Crippen molar-refractivity contribution in [2.45, 2.75) is 0 Å². The molecular weight excluding hydrogens is 150 g/mol. The number of hydrogen-bond acceptors (Lipinski definition) is 2. The molecule has 1 radical (unpaired) electrons. The van der Waals surface area contributed by atoms with Gasteiger partial charge >= 0.3 is 0 Å². The minimum absolute atomic E-state index is 0.511. The first-order valence-corrected chi connectivity index (χ1v) is 3.05. The molecule has 2 nitrogen and oxygen atoms in total. The molecule has 10 heavy (non-hydrogen) atoms. The van der Waals surface area contributed by atoms with Crippen LogP contribution in [0.3, 0.4) is 0 Å². The molecule has 0 unspecified atom stereocenters. The molecule has 0 atom stereocenters. The van der Waals surface area contributed by atoms with E-state index in [1.165, 1.54) is 6.21 Å². The fourth-order valence-corrected chi connectivity index (χ4v) is 0.790. The Kier molecular flexibility index (Phi) is 2.29. The maximum Gasteiger partial charge on any atom is 0.0734 e. The van der Waals surface area contributed by atoms with Crippen molar-refractivity contribution in [2.75, 3.05) is 0 Å². The second kappa shape index (κ2) is 3.22. The molecule has 1 N–H and O–H groups in total. The van der Waals surface area contributed by atoms with Gasteiger partial charge in [0.25, 0.3) is 0 Å². The number of benzene rings is 1. The van der Waals surface area contributed by atoms with E-state index in [-0.39, 0.29) is 0 Å². The summed E-state index contributed by atoms with van der Waals surface area (Å²) in [6.07, 6.45) is 1.31. The molecule has 0 spiro atoms. The van der Waals surface area contributed by atoms with Crippen LogP contribution in [-0.4, -0.2) is 11.4 Å². The summed E-state index contributed by atoms with van der Waals surface area (Å²) in [4.78, 5) is 0.